The largest absolute Gasteiger partial charge is 0.313 e. The molecule has 2 heterocycles. The molecule has 0 aliphatic carbocycles. The van der Waals surface area contributed by atoms with Gasteiger partial charge in [-0.25, -0.2) is 0 Å². The van der Waals surface area contributed by atoms with Gasteiger partial charge in [0.15, 0.2) is 0 Å². The smallest absolute Gasteiger partial charge is 0.0801 e. The Morgan fingerprint density at radius 3 is 2.90 bits per heavy atom. The molecule has 1 N–H and O–H groups in total. The first-order valence-electron chi connectivity index (χ1n) is 7.64. The minimum Gasteiger partial charge on any atom is -0.313 e. The minimum absolute atomic E-state index is 0.759. The van der Waals surface area contributed by atoms with E-state index in [0.29, 0.717) is 0 Å². The molecule has 0 saturated heterocycles. The van der Waals surface area contributed by atoms with Crippen LogP contribution in [0.1, 0.15) is 31.7 Å². The Labute approximate surface area is 131 Å². The number of rotatable bonds is 9. The summed E-state index contributed by atoms with van der Waals surface area (Å²) in [5.74, 6) is 0.759. The molecule has 0 fully saturated rings. The fourth-order valence-corrected chi connectivity index (χ4v) is 3.06. The predicted molar refractivity (Wildman–Crippen MR) is 92.5 cm³/mol. The molecule has 2 rings (SSSR count). The second-order valence-electron chi connectivity index (χ2n) is 5.29. The van der Waals surface area contributed by atoms with Gasteiger partial charge in [0, 0.05) is 12.7 Å². The topological polar surface area (TPSA) is 24.9 Å². The number of hydrogen-bond acceptors (Lipinski definition) is 3. The molecule has 2 aromatic rings. The zero-order valence-corrected chi connectivity index (χ0v) is 13.5. The SMILES string of the molecule is C=CCC(CC)CCNCc1ccc(-c2cccs2)nc1. The molecule has 0 spiro atoms. The van der Waals surface area contributed by atoms with E-state index >= 15 is 0 Å². The van der Waals surface area contributed by atoms with Crippen LogP contribution in [-0.4, -0.2) is 11.5 Å². The van der Waals surface area contributed by atoms with Gasteiger partial charge in [-0.05, 0) is 48.4 Å². The number of hydrogen-bond donors (Lipinski definition) is 1. The summed E-state index contributed by atoms with van der Waals surface area (Å²) in [7, 11) is 0. The lowest BCUT2D eigenvalue weighted by atomic mass is 9.98. The Hall–Kier alpha value is -1.45. The number of aromatic nitrogens is 1. The Balaban J connectivity index is 1.75. The summed E-state index contributed by atoms with van der Waals surface area (Å²) >= 11 is 1.73. The van der Waals surface area contributed by atoms with E-state index in [-0.39, 0.29) is 0 Å². The fraction of sp³-hybridized carbons (Fsp3) is 0.389. The molecule has 0 saturated carbocycles. The monoisotopic (exact) mass is 300 g/mol. The summed E-state index contributed by atoms with van der Waals surface area (Å²) in [6.45, 7) is 8.02. The van der Waals surface area contributed by atoms with Crippen molar-refractivity contribution in [2.45, 2.75) is 32.7 Å². The van der Waals surface area contributed by atoms with E-state index in [1.165, 1.54) is 23.3 Å². The highest BCUT2D eigenvalue weighted by Crippen LogP contribution is 2.22. The van der Waals surface area contributed by atoms with Crippen LogP contribution in [0.2, 0.25) is 0 Å². The molecular weight excluding hydrogens is 276 g/mol. The third kappa shape index (κ3) is 5.10. The lowest BCUT2D eigenvalue weighted by Gasteiger charge is -2.12. The van der Waals surface area contributed by atoms with Crippen molar-refractivity contribution >= 4 is 11.3 Å². The summed E-state index contributed by atoms with van der Waals surface area (Å²) in [6, 6.07) is 8.44. The first-order chi connectivity index (χ1) is 10.3. The summed E-state index contributed by atoms with van der Waals surface area (Å²) in [6.07, 6.45) is 7.56. The molecule has 0 amide bonds. The van der Waals surface area contributed by atoms with Crippen molar-refractivity contribution in [1.82, 2.24) is 10.3 Å². The Morgan fingerprint density at radius 2 is 2.29 bits per heavy atom. The van der Waals surface area contributed by atoms with Crippen LogP contribution >= 0.6 is 11.3 Å². The standard InChI is InChI=1S/C18H24N2S/c1-3-6-15(4-2)10-11-19-13-16-8-9-17(20-14-16)18-7-5-12-21-18/h3,5,7-9,12,14-15,19H,1,4,6,10-11,13H2,2H3. The summed E-state index contributed by atoms with van der Waals surface area (Å²) in [5.41, 5.74) is 2.30. The van der Waals surface area contributed by atoms with Gasteiger partial charge >= 0.3 is 0 Å². The van der Waals surface area contributed by atoms with E-state index in [2.05, 4.69) is 53.4 Å². The van der Waals surface area contributed by atoms with Crippen LogP contribution in [0.5, 0.6) is 0 Å². The van der Waals surface area contributed by atoms with Crippen molar-refractivity contribution in [3.63, 3.8) is 0 Å². The van der Waals surface area contributed by atoms with Crippen LogP contribution < -0.4 is 5.32 Å². The van der Waals surface area contributed by atoms with Crippen LogP contribution in [0, 0.1) is 5.92 Å². The highest BCUT2D eigenvalue weighted by atomic mass is 32.1. The molecule has 112 valence electrons. The average Bonchev–Trinajstić information content (AvgIpc) is 3.05. The maximum atomic E-state index is 4.54. The van der Waals surface area contributed by atoms with Crippen molar-refractivity contribution in [1.29, 1.82) is 0 Å². The Bertz CT molecular complexity index is 517. The van der Waals surface area contributed by atoms with Gasteiger partial charge in [-0.2, -0.15) is 0 Å². The third-order valence-corrected chi connectivity index (χ3v) is 4.63. The van der Waals surface area contributed by atoms with Gasteiger partial charge in [-0.1, -0.05) is 31.6 Å². The number of nitrogens with zero attached hydrogens (tertiary/aromatic N) is 1. The van der Waals surface area contributed by atoms with E-state index in [9.17, 15) is 0 Å². The molecule has 21 heavy (non-hydrogen) atoms. The lowest BCUT2D eigenvalue weighted by molar-refractivity contribution is 0.455. The van der Waals surface area contributed by atoms with Crippen molar-refractivity contribution in [2.75, 3.05) is 6.54 Å². The maximum Gasteiger partial charge on any atom is 0.0801 e. The second kappa shape index (κ2) is 8.75. The minimum atomic E-state index is 0.759. The van der Waals surface area contributed by atoms with Gasteiger partial charge < -0.3 is 5.32 Å². The summed E-state index contributed by atoms with van der Waals surface area (Å²) in [4.78, 5) is 5.76. The number of allylic oxidation sites excluding steroid dienone is 1. The first-order valence-corrected chi connectivity index (χ1v) is 8.51. The van der Waals surface area contributed by atoms with Crippen LogP contribution in [0.4, 0.5) is 0 Å². The van der Waals surface area contributed by atoms with Crippen molar-refractivity contribution < 1.29 is 0 Å². The van der Waals surface area contributed by atoms with E-state index in [0.717, 1.165) is 31.1 Å². The zero-order valence-electron chi connectivity index (χ0n) is 12.7. The molecule has 0 aromatic carbocycles. The molecule has 0 bridgehead atoms. The van der Waals surface area contributed by atoms with Crippen LogP contribution in [-0.2, 0) is 6.54 Å². The maximum absolute atomic E-state index is 4.54. The number of thiophene rings is 1. The molecule has 2 nitrogen and oxygen atoms in total. The van der Waals surface area contributed by atoms with Gasteiger partial charge in [0.25, 0.3) is 0 Å². The molecule has 1 atom stereocenters. The lowest BCUT2D eigenvalue weighted by Crippen LogP contribution is -2.17. The zero-order chi connectivity index (χ0) is 14.9. The van der Waals surface area contributed by atoms with Crippen LogP contribution in [0.15, 0.2) is 48.5 Å². The van der Waals surface area contributed by atoms with Gasteiger partial charge in [0.2, 0.25) is 0 Å². The molecule has 3 heteroatoms. The van der Waals surface area contributed by atoms with Crippen molar-refractivity contribution in [3.8, 4) is 10.6 Å². The molecule has 0 aliphatic heterocycles. The van der Waals surface area contributed by atoms with Crippen LogP contribution in [0.25, 0.3) is 10.6 Å². The Kier molecular flexibility index (Phi) is 6.64. The van der Waals surface area contributed by atoms with Gasteiger partial charge in [0.05, 0.1) is 10.6 Å². The predicted octanol–water partition coefficient (Wildman–Crippen LogP) is 4.89. The van der Waals surface area contributed by atoms with Gasteiger partial charge in [-0.3, -0.25) is 4.98 Å². The van der Waals surface area contributed by atoms with Crippen molar-refractivity contribution in [2.24, 2.45) is 5.92 Å². The molecular formula is C18H24N2S. The molecule has 1 unspecified atom stereocenters. The first kappa shape index (κ1) is 15.9. The number of pyridine rings is 1. The fourth-order valence-electron chi connectivity index (χ4n) is 2.36. The summed E-state index contributed by atoms with van der Waals surface area (Å²) in [5, 5.41) is 5.59. The average molecular weight is 300 g/mol. The highest BCUT2D eigenvalue weighted by Gasteiger charge is 2.04. The third-order valence-electron chi connectivity index (χ3n) is 3.73. The number of nitrogens with one attached hydrogen (secondary N) is 1. The van der Waals surface area contributed by atoms with Crippen molar-refractivity contribution in [3.05, 3.63) is 54.1 Å². The molecule has 2 aromatic heterocycles. The summed E-state index contributed by atoms with van der Waals surface area (Å²) < 4.78 is 0. The van der Waals surface area contributed by atoms with E-state index < -0.39 is 0 Å². The van der Waals surface area contributed by atoms with Crippen LogP contribution in [0.3, 0.4) is 0 Å². The highest BCUT2D eigenvalue weighted by molar-refractivity contribution is 7.13. The van der Waals surface area contributed by atoms with Gasteiger partial charge in [-0.15, -0.1) is 17.9 Å². The quantitative estimate of drug-likeness (QED) is 0.526. The van der Waals surface area contributed by atoms with E-state index in [4.69, 9.17) is 0 Å². The van der Waals surface area contributed by atoms with Gasteiger partial charge in [0.1, 0.15) is 0 Å². The normalized spacial score (nSPS) is 12.2. The van der Waals surface area contributed by atoms with E-state index in [1.54, 1.807) is 11.3 Å². The molecule has 0 radical (unpaired) electrons. The van der Waals surface area contributed by atoms with E-state index in [1.807, 2.05) is 12.3 Å². The Morgan fingerprint density at radius 1 is 1.38 bits per heavy atom. The molecule has 0 aliphatic rings. The second-order valence-corrected chi connectivity index (χ2v) is 6.24.